The van der Waals surface area contributed by atoms with E-state index in [1.54, 1.807) is 0 Å². The van der Waals surface area contributed by atoms with Crippen LogP contribution in [-0.2, 0) is 5.54 Å². The van der Waals surface area contributed by atoms with Crippen molar-refractivity contribution >= 4 is 0 Å². The van der Waals surface area contributed by atoms with Crippen molar-refractivity contribution in [3.63, 3.8) is 0 Å². The zero-order valence-electron chi connectivity index (χ0n) is 11.8. The predicted octanol–water partition coefficient (Wildman–Crippen LogP) is 2.50. The summed E-state index contributed by atoms with van der Waals surface area (Å²) < 4.78 is 6.13. The Hall–Kier alpha value is -1.06. The molecule has 1 aliphatic carbocycles. The molecule has 0 radical (unpaired) electrons. The van der Waals surface area contributed by atoms with E-state index in [0.717, 1.165) is 31.6 Å². The number of likely N-dealkylation sites (tertiary alicyclic amines) is 1. The third-order valence-corrected chi connectivity index (χ3v) is 4.54. The molecule has 3 heteroatoms. The van der Waals surface area contributed by atoms with Gasteiger partial charge in [-0.2, -0.15) is 0 Å². The zero-order chi connectivity index (χ0) is 13.3. The van der Waals surface area contributed by atoms with Gasteiger partial charge in [-0.25, -0.2) is 0 Å². The van der Waals surface area contributed by atoms with Gasteiger partial charge in [-0.05, 0) is 63.4 Å². The van der Waals surface area contributed by atoms with Gasteiger partial charge in [0, 0.05) is 12.1 Å². The largest absolute Gasteiger partial charge is 0.489 e. The summed E-state index contributed by atoms with van der Waals surface area (Å²) in [6.45, 7) is 2.21. The number of benzene rings is 1. The fourth-order valence-corrected chi connectivity index (χ4v) is 3.13. The van der Waals surface area contributed by atoms with E-state index in [9.17, 15) is 0 Å². The number of rotatable bonds is 3. The highest BCUT2D eigenvalue weighted by Crippen LogP contribution is 2.39. The van der Waals surface area contributed by atoms with E-state index < -0.39 is 0 Å². The Labute approximate surface area is 115 Å². The lowest BCUT2D eigenvalue weighted by Crippen LogP contribution is -2.43. The maximum absolute atomic E-state index is 6.38. The second-order valence-corrected chi connectivity index (χ2v) is 6.18. The van der Waals surface area contributed by atoms with Crippen molar-refractivity contribution < 1.29 is 4.74 Å². The molecule has 1 atom stereocenters. The van der Waals surface area contributed by atoms with Crippen LogP contribution in [0.3, 0.4) is 0 Å². The van der Waals surface area contributed by atoms with Crippen molar-refractivity contribution in [2.45, 2.75) is 43.7 Å². The smallest absolute Gasteiger partial charge is 0.120 e. The number of hydrogen-bond acceptors (Lipinski definition) is 3. The van der Waals surface area contributed by atoms with Crippen molar-refractivity contribution in [3.05, 3.63) is 29.8 Å². The van der Waals surface area contributed by atoms with E-state index in [2.05, 4.69) is 36.2 Å². The molecule has 0 spiro atoms. The fourth-order valence-electron chi connectivity index (χ4n) is 3.13. The summed E-state index contributed by atoms with van der Waals surface area (Å²) in [4.78, 5) is 2.34. The van der Waals surface area contributed by atoms with E-state index in [0.29, 0.717) is 6.10 Å². The number of hydrogen-bond donors (Lipinski definition) is 1. The van der Waals surface area contributed by atoms with Crippen molar-refractivity contribution in [2.24, 2.45) is 5.73 Å². The molecule has 1 saturated carbocycles. The van der Waals surface area contributed by atoms with Gasteiger partial charge >= 0.3 is 0 Å². The lowest BCUT2D eigenvalue weighted by Gasteiger charge is -2.39. The number of piperidine rings is 1. The van der Waals surface area contributed by atoms with Crippen LogP contribution in [0.1, 0.15) is 37.7 Å². The molecule has 0 amide bonds. The molecule has 1 aliphatic heterocycles. The first-order valence-electron chi connectivity index (χ1n) is 7.40. The van der Waals surface area contributed by atoms with Crippen LogP contribution in [0.5, 0.6) is 5.75 Å². The minimum Gasteiger partial charge on any atom is -0.489 e. The fraction of sp³-hybridized carbons (Fsp3) is 0.625. The summed E-state index contributed by atoms with van der Waals surface area (Å²) in [5.41, 5.74) is 7.53. The van der Waals surface area contributed by atoms with Crippen LogP contribution in [0.15, 0.2) is 24.3 Å². The number of nitrogens with two attached hydrogens (primary N) is 1. The Balaban J connectivity index is 1.69. The van der Waals surface area contributed by atoms with Crippen molar-refractivity contribution in [2.75, 3.05) is 20.1 Å². The maximum Gasteiger partial charge on any atom is 0.120 e. The zero-order valence-corrected chi connectivity index (χ0v) is 11.8. The van der Waals surface area contributed by atoms with Gasteiger partial charge in [0.1, 0.15) is 11.9 Å². The van der Waals surface area contributed by atoms with Gasteiger partial charge in [-0.3, -0.25) is 0 Å². The van der Waals surface area contributed by atoms with Gasteiger partial charge in [0.15, 0.2) is 0 Å². The van der Waals surface area contributed by atoms with Crippen LogP contribution >= 0.6 is 0 Å². The van der Waals surface area contributed by atoms with Gasteiger partial charge < -0.3 is 15.4 Å². The normalized spacial score (nSPS) is 26.7. The molecule has 1 unspecified atom stereocenters. The Kier molecular flexibility index (Phi) is 3.50. The van der Waals surface area contributed by atoms with Crippen LogP contribution in [0.4, 0.5) is 0 Å². The molecular formula is C16H24N2O. The first-order chi connectivity index (χ1) is 9.16. The SMILES string of the molecule is CN1CCCC(Oc2cccc(C3(N)CCC3)c2)C1. The molecule has 1 aromatic carbocycles. The summed E-state index contributed by atoms with van der Waals surface area (Å²) in [6, 6.07) is 8.41. The summed E-state index contributed by atoms with van der Waals surface area (Å²) >= 11 is 0. The van der Waals surface area contributed by atoms with Crippen molar-refractivity contribution in [1.82, 2.24) is 4.90 Å². The minimum atomic E-state index is -0.0945. The number of nitrogens with zero attached hydrogens (tertiary/aromatic N) is 1. The number of likely N-dealkylation sites (N-methyl/N-ethyl adjacent to an activating group) is 1. The van der Waals surface area contributed by atoms with Crippen molar-refractivity contribution in [1.29, 1.82) is 0 Å². The molecule has 2 aliphatic rings. The summed E-state index contributed by atoms with van der Waals surface area (Å²) in [7, 11) is 2.16. The van der Waals surface area contributed by atoms with E-state index >= 15 is 0 Å². The standard InChI is InChI=1S/C16H24N2O/c1-18-10-3-7-15(12-18)19-14-6-2-5-13(11-14)16(17)8-4-9-16/h2,5-6,11,15H,3-4,7-10,12,17H2,1H3. The van der Waals surface area contributed by atoms with Gasteiger partial charge in [0.2, 0.25) is 0 Å². The molecule has 2 N–H and O–H groups in total. The van der Waals surface area contributed by atoms with E-state index in [1.165, 1.54) is 24.9 Å². The lowest BCUT2D eigenvalue weighted by molar-refractivity contribution is 0.104. The lowest BCUT2D eigenvalue weighted by atomic mass is 9.73. The first-order valence-corrected chi connectivity index (χ1v) is 7.40. The van der Waals surface area contributed by atoms with Crippen LogP contribution in [-0.4, -0.2) is 31.1 Å². The summed E-state index contributed by atoms with van der Waals surface area (Å²) in [6.07, 6.45) is 6.15. The van der Waals surface area contributed by atoms with Gasteiger partial charge in [-0.1, -0.05) is 12.1 Å². The molecule has 1 aromatic rings. The monoisotopic (exact) mass is 260 g/mol. The highest BCUT2D eigenvalue weighted by molar-refractivity contribution is 5.34. The van der Waals surface area contributed by atoms with E-state index in [1.807, 2.05) is 0 Å². The molecule has 3 rings (SSSR count). The van der Waals surface area contributed by atoms with Gasteiger partial charge in [-0.15, -0.1) is 0 Å². The van der Waals surface area contributed by atoms with Crippen LogP contribution < -0.4 is 10.5 Å². The van der Waals surface area contributed by atoms with Crippen LogP contribution in [0.25, 0.3) is 0 Å². The summed E-state index contributed by atoms with van der Waals surface area (Å²) in [5, 5.41) is 0. The molecule has 3 nitrogen and oxygen atoms in total. The molecule has 0 bridgehead atoms. The molecule has 1 saturated heterocycles. The van der Waals surface area contributed by atoms with Crippen molar-refractivity contribution in [3.8, 4) is 5.75 Å². The molecular weight excluding hydrogens is 236 g/mol. The average Bonchev–Trinajstić information content (AvgIpc) is 2.36. The summed E-state index contributed by atoms with van der Waals surface area (Å²) in [5.74, 6) is 0.981. The molecule has 1 heterocycles. The second kappa shape index (κ2) is 5.14. The Morgan fingerprint density at radius 1 is 1.32 bits per heavy atom. The van der Waals surface area contributed by atoms with Crippen LogP contribution in [0.2, 0.25) is 0 Å². The average molecular weight is 260 g/mol. The molecule has 104 valence electrons. The Morgan fingerprint density at radius 2 is 2.16 bits per heavy atom. The van der Waals surface area contributed by atoms with E-state index in [-0.39, 0.29) is 5.54 Å². The minimum absolute atomic E-state index is 0.0945. The topological polar surface area (TPSA) is 38.5 Å². The third-order valence-electron chi connectivity index (χ3n) is 4.54. The maximum atomic E-state index is 6.38. The highest BCUT2D eigenvalue weighted by Gasteiger charge is 2.34. The first kappa shape index (κ1) is 12.9. The van der Waals surface area contributed by atoms with Gasteiger partial charge in [0.05, 0.1) is 0 Å². The Morgan fingerprint density at radius 3 is 2.84 bits per heavy atom. The van der Waals surface area contributed by atoms with E-state index in [4.69, 9.17) is 10.5 Å². The third kappa shape index (κ3) is 2.77. The quantitative estimate of drug-likeness (QED) is 0.907. The molecule has 2 fully saturated rings. The molecule has 0 aromatic heterocycles. The predicted molar refractivity (Wildman–Crippen MR) is 77.3 cm³/mol. The highest BCUT2D eigenvalue weighted by atomic mass is 16.5. The van der Waals surface area contributed by atoms with Gasteiger partial charge in [0.25, 0.3) is 0 Å². The number of ether oxygens (including phenoxy) is 1. The second-order valence-electron chi connectivity index (χ2n) is 6.18. The van der Waals surface area contributed by atoms with Crippen LogP contribution in [0, 0.1) is 0 Å². The Bertz CT molecular complexity index is 442. The molecule has 19 heavy (non-hydrogen) atoms.